The number of benzene rings is 1. The molecule has 3 nitrogen and oxygen atoms in total. The molecule has 1 aromatic heterocycles. The van der Waals surface area contributed by atoms with Crippen LogP contribution < -0.4 is 10.1 Å². The number of halogens is 1. The van der Waals surface area contributed by atoms with Crippen molar-refractivity contribution in [2.45, 2.75) is 13.0 Å². The maximum absolute atomic E-state index is 13.5. The molecule has 0 unspecified atom stereocenters. The molecule has 0 aliphatic carbocycles. The zero-order valence-electron chi connectivity index (χ0n) is 9.82. The van der Waals surface area contributed by atoms with Crippen LogP contribution in [-0.4, -0.2) is 11.5 Å². The van der Waals surface area contributed by atoms with Crippen LogP contribution in [0.3, 0.4) is 0 Å². The average Bonchev–Trinajstić information content (AvgIpc) is 2.41. The largest absolute Gasteiger partial charge is 0.453 e. The third-order valence-electron chi connectivity index (χ3n) is 2.95. The van der Waals surface area contributed by atoms with Crippen molar-refractivity contribution in [3.8, 4) is 11.5 Å². The van der Waals surface area contributed by atoms with Crippen molar-refractivity contribution in [1.82, 2.24) is 10.3 Å². The number of hydrogen-bond acceptors (Lipinski definition) is 3. The molecule has 0 amide bonds. The fourth-order valence-corrected chi connectivity index (χ4v) is 2.04. The molecule has 0 bridgehead atoms. The van der Waals surface area contributed by atoms with E-state index in [-0.39, 0.29) is 11.6 Å². The second kappa shape index (κ2) is 4.74. The van der Waals surface area contributed by atoms with Crippen LogP contribution in [-0.2, 0) is 13.0 Å². The number of para-hydroxylation sites is 1. The molecule has 0 saturated carbocycles. The van der Waals surface area contributed by atoms with E-state index in [0.717, 1.165) is 30.8 Å². The summed E-state index contributed by atoms with van der Waals surface area (Å²) in [6, 6.07) is 8.28. The molecule has 92 valence electrons. The molecular weight excluding hydrogens is 231 g/mol. The molecule has 1 N–H and O–H groups in total. The van der Waals surface area contributed by atoms with Gasteiger partial charge in [0.2, 0.25) is 0 Å². The molecule has 0 saturated heterocycles. The first-order valence-electron chi connectivity index (χ1n) is 5.94. The van der Waals surface area contributed by atoms with Gasteiger partial charge in [-0.15, -0.1) is 0 Å². The summed E-state index contributed by atoms with van der Waals surface area (Å²) in [6.07, 6.45) is 2.58. The number of ether oxygens (including phenoxy) is 1. The van der Waals surface area contributed by atoms with Crippen LogP contribution in [0.4, 0.5) is 4.39 Å². The SMILES string of the molecule is Fc1ccccc1Oc1cnc2c(c1)CNCC2. The van der Waals surface area contributed by atoms with E-state index in [0.29, 0.717) is 5.75 Å². The average molecular weight is 244 g/mol. The lowest BCUT2D eigenvalue weighted by molar-refractivity contribution is 0.438. The predicted octanol–water partition coefficient (Wildman–Crippen LogP) is 2.66. The number of pyridine rings is 1. The van der Waals surface area contributed by atoms with Crippen molar-refractivity contribution in [3.05, 3.63) is 53.6 Å². The third-order valence-corrected chi connectivity index (χ3v) is 2.95. The van der Waals surface area contributed by atoms with Crippen LogP contribution in [0.5, 0.6) is 11.5 Å². The highest BCUT2D eigenvalue weighted by molar-refractivity contribution is 5.35. The summed E-state index contributed by atoms with van der Waals surface area (Å²) >= 11 is 0. The van der Waals surface area contributed by atoms with Crippen LogP contribution >= 0.6 is 0 Å². The van der Waals surface area contributed by atoms with Crippen LogP contribution in [0.15, 0.2) is 36.5 Å². The highest BCUT2D eigenvalue weighted by Gasteiger charge is 2.11. The van der Waals surface area contributed by atoms with E-state index in [9.17, 15) is 4.39 Å². The standard InChI is InChI=1S/C14H13FN2O/c15-12-3-1-2-4-14(12)18-11-7-10-8-16-6-5-13(10)17-9-11/h1-4,7,9,16H,5-6,8H2. The highest BCUT2D eigenvalue weighted by Crippen LogP contribution is 2.25. The van der Waals surface area contributed by atoms with E-state index >= 15 is 0 Å². The van der Waals surface area contributed by atoms with Gasteiger partial charge in [0, 0.05) is 25.2 Å². The summed E-state index contributed by atoms with van der Waals surface area (Å²) < 4.78 is 19.0. The molecule has 3 rings (SSSR count). The monoisotopic (exact) mass is 244 g/mol. The van der Waals surface area contributed by atoms with Crippen LogP contribution in [0.25, 0.3) is 0 Å². The quantitative estimate of drug-likeness (QED) is 0.881. The summed E-state index contributed by atoms with van der Waals surface area (Å²) in [5.74, 6) is 0.430. The Morgan fingerprint density at radius 1 is 1.28 bits per heavy atom. The Bertz CT molecular complexity index is 571. The molecule has 1 aliphatic heterocycles. The zero-order chi connectivity index (χ0) is 12.4. The van der Waals surface area contributed by atoms with Crippen molar-refractivity contribution < 1.29 is 9.13 Å². The van der Waals surface area contributed by atoms with Gasteiger partial charge in [0.25, 0.3) is 0 Å². The van der Waals surface area contributed by atoms with Crippen molar-refractivity contribution in [1.29, 1.82) is 0 Å². The topological polar surface area (TPSA) is 34.1 Å². The molecule has 4 heteroatoms. The molecule has 0 atom stereocenters. The smallest absolute Gasteiger partial charge is 0.165 e. The second-order valence-corrected chi connectivity index (χ2v) is 4.24. The summed E-state index contributed by atoms with van der Waals surface area (Å²) in [4.78, 5) is 4.36. The van der Waals surface area contributed by atoms with E-state index < -0.39 is 0 Å². The lowest BCUT2D eigenvalue weighted by atomic mass is 10.1. The van der Waals surface area contributed by atoms with Gasteiger partial charge in [-0.3, -0.25) is 4.98 Å². The first-order valence-corrected chi connectivity index (χ1v) is 5.94. The van der Waals surface area contributed by atoms with Crippen LogP contribution in [0.1, 0.15) is 11.3 Å². The number of hydrogen-bond donors (Lipinski definition) is 1. The zero-order valence-corrected chi connectivity index (χ0v) is 9.82. The fraction of sp³-hybridized carbons (Fsp3) is 0.214. The lowest BCUT2D eigenvalue weighted by Crippen LogP contribution is -2.24. The summed E-state index contributed by atoms with van der Waals surface area (Å²) in [7, 11) is 0. The number of rotatable bonds is 2. The van der Waals surface area contributed by atoms with E-state index in [1.807, 2.05) is 6.07 Å². The third kappa shape index (κ3) is 2.19. The van der Waals surface area contributed by atoms with Gasteiger partial charge >= 0.3 is 0 Å². The molecule has 0 fully saturated rings. The molecule has 2 aromatic rings. The summed E-state index contributed by atoms with van der Waals surface area (Å²) in [6.45, 7) is 1.74. The Morgan fingerprint density at radius 3 is 3.06 bits per heavy atom. The molecule has 1 aromatic carbocycles. The summed E-state index contributed by atoms with van der Waals surface area (Å²) in [5.41, 5.74) is 2.21. The Labute approximate surface area is 105 Å². The number of nitrogens with zero attached hydrogens (tertiary/aromatic N) is 1. The number of aromatic nitrogens is 1. The normalized spacial score (nSPS) is 14.1. The Hall–Kier alpha value is -1.94. The lowest BCUT2D eigenvalue weighted by Gasteiger charge is -2.16. The van der Waals surface area contributed by atoms with Gasteiger partial charge in [0.1, 0.15) is 5.75 Å². The maximum Gasteiger partial charge on any atom is 0.165 e. The first-order chi connectivity index (χ1) is 8.83. The molecule has 0 spiro atoms. The van der Waals surface area contributed by atoms with Crippen LogP contribution in [0.2, 0.25) is 0 Å². The fourth-order valence-electron chi connectivity index (χ4n) is 2.04. The molecule has 0 radical (unpaired) electrons. The van der Waals surface area contributed by atoms with E-state index in [4.69, 9.17) is 4.74 Å². The van der Waals surface area contributed by atoms with Crippen LogP contribution in [0, 0.1) is 5.82 Å². The van der Waals surface area contributed by atoms with Crippen molar-refractivity contribution in [3.63, 3.8) is 0 Å². The van der Waals surface area contributed by atoms with E-state index in [2.05, 4.69) is 10.3 Å². The van der Waals surface area contributed by atoms with E-state index in [1.165, 1.54) is 6.07 Å². The minimum absolute atomic E-state index is 0.225. The Balaban J connectivity index is 1.87. The van der Waals surface area contributed by atoms with Crippen molar-refractivity contribution >= 4 is 0 Å². The van der Waals surface area contributed by atoms with Gasteiger partial charge in [-0.1, -0.05) is 12.1 Å². The van der Waals surface area contributed by atoms with Crippen molar-refractivity contribution in [2.75, 3.05) is 6.54 Å². The van der Waals surface area contributed by atoms with E-state index in [1.54, 1.807) is 24.4 Å². The van der Waals surface area contributed by atoms with Crippen molar-refractivity contribution in [2.24, 2.45) is 0 Å². The molecule has 18 heavy (non-hydrogen) atoms. The molecular formula is C14H13FN2O. The second-order valence-electron chi connectivity index (χ2n) is 4.24. The maximum atomic E-state index is 13.5. The van der Waals surface area contributed by atoms with Gasteiger partial charge < -0.3 is 10.1 Å². The Morgan fingerprint density at radius 2 is 2.17 bits per heavy atom. The minimum Gasteiger partial charge on any atom is -0.453 e. The van der Waals surface area contributed by atoms with Gasteiger partial charge in [-0.2, -0.15) is 0 Å². The minimum atomic E-state index is -0.367. The molecule has 1 aliphatic rings. The number of nitrogens with one attached hydrogen (secondary N) is 1. The van der Waals surface area contributed by atoms with Gasteiger partial charge in [-0.05, 0) is 23.8 Å². The highest BCUT2D eigenvalue weighted by atomic mass is 19.1. The number of fused-ring (bicyclic) bond motifs is 1. The predicted molar refractivity (Wildman–Crippen MR) is 66.1 cm³/mol. The van der Waals surface area contributed by atoms with Gasteiger partial charge in [-0.25, -0.2) is 4.39 Å². The summed E-state index contributed by atoms with van der Waals surface area (Å²) in [5, 5.41) is 3.27. The van der Waals surface area contributed by atoms with Gasteiger partial charge in [0.15, 0.2) is 11.6 Å². The molecule has 2 heterocycles. The Kier molecular flexibility index (Phi) is 2.94. The first kappa shape index (κ1) is 11.2. The van der Waals surface area contributed by atoms with Gasteiger partial charge in [0.05, 0.1) is 6.20 Å².